The Balaban J connectivity index is 3.18. The van der Waals surface area contributed by atoms with Gasteiger partial charge >= 0.3 is 0 Å². The highest BCUT2D eigenvalue weighted by molar-refractivity contribution is 5.83. The molecule has 4 nitrogen and oxygen atoms in total. The van der Waals surface area contributed by atoms with E-state index < -0.39 is 0 Å². The fourth-order valence-corrected chi connectivity index (χ4v) is 2.77. The number of ketones is 1. The Morgan fingerprint density at radius 2 is 1.00 bits per heavy atom. The van der Waals surface area contributed by atoms with Crippen molar-refractivity contribution in [1.82, 2.24) is 5.48 Å². The van der Waals surface area contributed by atoms with Crippen molar-refractivity contribution in [2.45, 2.75) is 111 Å². The maximum Gasteiger partial charge on any atom is 0.243 e. The Labute approximate surface area is 148 Å². The molecule has 0 radical (unpaired) electrons. The van der Waals surface area contributed by atoms with Crippen molar-refractivity contribution < 1.29 is 14.8 Å². The Kier molecular flexibility index (Phi) is 13.9. The first-order valence-corrected chi connectivity index (χ1v) is 9.84. The van der Waals surface area contributed by atoms with Gasteiger partial charge in [-0.15, -0.1) is 0 Å². The van der Waals surface area contributed by atoms with Crippen molar-refractivity contribution in [3.63, 3.8) is 0 Å². The van der Waals surface area contributed by atoms with E-state index in [9.17, 15) is 9.59 Å². The third kappa shape index (κ3) is 14.7. The first kappa shape index (κ1) is 23.1. The number of hydroxylamine groups is 1. The highest BCUT2D eigenvalue weighted by Gasteiger charge is 2.19. The summed E-state index contributed by atoms with van der Waals surface area (Å²) < 4.78 is 0. The van der Waals surface area contributed by atoms with Crippen LogP contribution in [0.15, 0.2) is 0 Å². The third-order valence-corrected chi connectivity index (χ3v) is 4.52. The lowest BCUT2D eigenvalue weighted by molar-refractivity contribution is -0.129. The minimum atomic E-state index is -0.280. The molecule has 4 heteroatoms. The van der Waals surface area contributed by atoms with Gasteiger partial charge in [-0.3, -0.25) is 14.8 Å². The minimum absolute atomic E-state index is 0.175. The number of rotatable bonds is 15. The molecular weight excluding hydrogens is 302 g/mol. The number of hydrogen-bond acceptors (Lipinski definition) is 3. The molecule has 24 heavy (non-hydrogen) atoms. The van der Waals surface area contributed by atoms with E-state index in [2.05, 4.69) is 0 Å². The van der Waals surface area contributed by atoms with E-state index in [0.29, 0.717) is 12.2 Å². The maximum absolute atomic E-state index is 11.8. The van der Waals surface area contributed by atoms with E-state index in [1.807, 2.05) is 20.8 Å². The lowest BCUT2D eigenvalue weighted by Gasteiger charge is -2.16. The standard InChI is InChI=1S/C20H39NO3/c1-20(2,3)18(22)16-14-12-10-8-6-4-5-7-9-11-13-15-17-19(23)21-24/h24H,4-17H2,1-3H3,(H,21,23). The van der Waals surface area contributed by atoms with Gasteiger partial charge in [0.25, 0.3) is 0 Å². The van der Waals surface area contributed by atoms with E-state index in [1.165, 1.54) is 57.8 Å². The number of carbonyl (C=O) groups is 2. The van der Waals surface area contributed by atoms with Crippen LogP contribution < -0.4 is 5.48 Å². The van der Waals surface area contributed by atoms with Crippen LogP contribution in [0.5, 0.6) is 0 Å². The van der Waals surface area contributed by atoms with Gasteiger partial charge in [-0.1, -0.05) is 85.0 Å². The number of Topliss-reactive ketones (excluding diaryl/α,β-unsaturated/α-hetero) is 1. The molecule has 0 aromatic heterocycles. The molecule has 0 aliphatic rings. The van der Waals surface area contributed by atoms with Gasteiger partial charge in [0.1, 0.15) is 5.78 Å². The maximum atomic E-state index is 11.8. The number of unbranched alkanes of at least 4 members (excludes halogenated alkanes) is 11. The summed E-state index contributed by atoms with van der Waals surface area (Å²) in [6.07, 6.45) is 15.5. The van der Waals surface area contributed by atoms with E-state index in [0.717, 1.165) is 25.7 Å². The molecular formula is C20H39NO3. The molecule has 0 spiro atoms. The zero-order valence-electron chi connectivity index (χ0n) is 16.2. The van der Waals surface area contributed by atoms with E-state index in [1.54, 1.807) is 5.48 Å². The predicted octanol–water partition coefficient (Wildman–Crippen LogP) is 5.57. The molecule has 0 fully saturated rings. The van der Waals surface area contributed by atoms with Gasteiger partial charge in [0.05, 0.1) is 0 Å². The zero-order valence-corrected chi connectivity index (χ0v) is 16.2. The summed E-state index contributed by atoms with van der Waals surface area (Å²) in [5, 5.41) is 8.37. The summed E-state index contributed by atoms with van der Waals surface area (Å²) in [4.78, 5) is 22.6. The van der Waals surface area contributed by atoms with Gasteiger partial charge in [-0.05, 0) is 12.8 Å². The van der Waals surface area contributed by atoms with Crippen LogP contribution in [0.25, 0.3) is 0 Å². The second kappa shape index (κ2) is 14.4. The van der Waals surface area contributed by atoms with E-state index >= 15 is 0 Å². The van der Waals surface area contributed by atoms with Crippen molar-refractivity contribution in [2.24, 2.45) is 5.41 Å². The second-order valence-corrected chi connectivity index (χ2v) is 7.95. The topological polar surface area (TPSA) is 66.4 Å². The molecule has 142 valence electrons. The van der Waals surface area contributed by atoms with Crippen LogP contribution in [0.2, 0.25) is 0 Å². The van der Waals surface area contributed by atoms with E-state index in [4.69, 9.17) is 5.21 Å². The summed E-state index contributed by atoms with van der Waals surface area (Å²) in [5.74, 6) is 0.109. The summed E-state index contributed by atoms with van der Waals surface area (Å²) in [6, 6.07) is 0. The lowest BCUT2D eigenvalue weighted by atomic mass is 9.88. The molecule has 0 heterocycles. The minimum Gasteiger partial charge on any atom is -0.299 e. The highest BCUT2D eigenvalue weighted by Crippen LogP contribution is 2.19. The number of carbonyl (C=O) groups excluding carboxylic acids is 2. The summed E-state index contributed by atoms with van der Waals surface area (Å²) in [5.41, 5.74) is 1.49. The summed E-state index contributed by atoms with van der Waals surface area (Å²) in [7, 11) is 0. The average Bonchev–Trinajstić information content (AvgIpc) is 2.53. The molecule has 0 aromatic rings. The van der Waals surface area contributed by atoms with Crippen LogP contribution >= 0.6 is 0 Å². The predicted molar refractivity (Wildman–Crippen MR) is 99.0 cm³/mol. The second-order valence-electron chi connectivity index (χ2n) is 7.95. The fourth-order valence-electron chi connectivity index (χ4n) is 2.77. The quantitative estimate of drug-likeness (QED) is 0.232. The summed E-state index contributed by atoms with van der Waals surface area (Å²) in [6.45, 7) is 6.00. The van der Waals surface area contributed by atoms with Crippen LogP contribution in [-0.4, -0.2) is 16.9 Å². The van der Waals surface area contributed by atoms with Gasteiger partial charge in [0.15, 0.2) is 0 Å². The molecule has 2 N–H and O–H groups in total. The van der Waals surface area contributed by atoms with Crippen LogP contribution in [0.4, 0.5) is 0 Å². The molecule has 0 atom stereocenters. The largest absolute Gasteiger partial charge is 0.299 e. The number of hydrogen-bond donors (Lipinski definition) is 2. The van der Waals surface area contributed by atoms with Crippen LogP contribution in [0, 0.1) is 5.41 Å². The molecule has 0 bridgehead atoms. The van der Waals surface area contributed by atoms with Crippen LogP contribution in [-0.2, 0) is 9.59 Å². The van der Waals surface area contributed by atoms with Gasteiger partial charge in [-0.2, -0.15) is 0 Å². The normalized spacial score (nSPS) is 11.5. The van der Waals surface area contributed by atoms with Crippen molar-refractivity contribution >= 4 is 11.7 Å². The first-order valence-electron chi connectivity index (χ1n) is 9.84. The molecule has 0 saturated carbocycles. The monoisotopic (exact) mass is 341 g/mol. The van der Waals surface area contributed by atoms with Crippen molar-refractivity contribution in [1.29, 1.82) is 0 Å². The molecule has 0 aromatic carbocycles. The van der Waals surface area contributed by atoms with E-state index in [-0.39, 0.29) is 11.3 Å². The van der Waals surface area contributed by atoms with Gasteiger partial charge in [0, 0.05) is 18.3 Å². The van der Waals surface area contributed by atoms with Crippen LogP contribution in [0.1, 0.15) is 111 Å². The summed E-state index contributed by atoms with van der Waals surface area (Å²) >= 11 is 0. The van der Waals surface area contributed by atoms with Gasteiger partial charge in [0.2, 0.25) is 5.91 Å². The number of nitrogens with one attached hydrogen (secondary N) is 1. The fraction of sp³-hybridized carbons (Fsp3) is 0.900. The molecule has 1 amide bonds. The average molecular weight is 342 g/mol. The van der Waals surface area contributed by atoms with Crippen molar-refractivity contribution in [3.05, 3.63) is 0 Å². The smallest absolute Gasteiger partial charge is 0.243 e. The molecule has 0 saturated heterocycles. The van der Waals surface area contributed by atoms with Crippen LogP contribution in [0.3, 0.4) is 0 Å². The molecule has 0 aliphatic heterocycles. The Hall–Kier alpha value is -0.900. The number of amides is 1. The highest BCUT2D eigenvalue weighted by atomic mass is 16.5. The Morgan fingerprint density at radius 3 is 1.33 bits per heavy atom. The van der Waals surface area contributed by atoms with Gasteiger partial charge < -0.3 is 0 Å². The molecule has 0 unspecified atom stereocenters. The van der Waals surface area contributed by atoms with Gasteiger partial charge in [-0.25, -0.2) is 5.48 Å². The molecule has 0 aliphatic carbocycles. The van der Waals surface area contributed by atoms with Crippen molar-refractivity contribution in [3.8, 4) is 0 Å². The Bertz CT molecular complexity index is 334. The van der Waals surface area contributed by atoms with Crippen molar-refractivity contribution in [2.75, 3.05) is 0 Å². The SMILES string of the molecule is CC(C)(C)C(=O)CCCCCCCCCCCCCCC(=O)NO. The molecule has 0 rings (SSSR count). The third-order valence-electron chi connectivity index (χ3n) is 4.52. The first-order chi connectivity index (χ1) is 11.4. The zero-order chi connectivity index (χ0) is 18.3. The Morgan fingerprint density at radius 1 is 0.667 bits per heavy atom. The lowest BCUT2D eigenvalue weighted by Crippen LogP contribution is -2.19.